The van der Waals surface area contributed by atoms with Crippen LogP contribution in [0.5, 0.6) is 0 Å². The van der Waals surface area contributed by atoms with Crippen molar-refractivity contribution in [1.82, 2.24) is 0 Å². The van der Waals surface area contributed by atoms with Gasteiger partial charge in [-0.3, -0.25) is 0 Å². The zero-order valence-electron chi connectivity index (χ0n) is 14.8. The molecule has 0 aromatic heterocycles. The molecule has 3 heteroatoms. The minimum absolute atomic E-state index is 0.0264. The first-order valence-corrected chi connectivity index (χ1v) is 9.79. The van der Waals surface area contributed by atoms with E-state index in [2.05, 4.69) is 13.8 Å². The summed E-state index contributed by atoms with van der Waals surface area (Å²) >= 11 is 0. The molecular weight excluding hydrogens is 288 g/mol. The SMILES string of the molecule is C[C@@]1(CO)CCC[C@]2(C)[C@@H]1C[C@@H](O)[C@@]13C[C@@H](CC[C@@H]21)[C@@H](CO)C3. The highest BCUT2D eigenvalue weighted by atomic mass is 16.3. The predicted molar refractivity (Wildman–Crippen MR) is 89.7 cm³/mol. The number of aliphatic hydroxyl groups is 3. The molecule has 0 heterocycles. The van der Waals surface area contributed by atoms with E-state index in [1.54, 1.807) is 0 Å². The molecule has 0 aliphatic heterocycles. The zero-order chi connectivity index (χ0) is 16.5. The van der Waals surface area contributed by atoms with Gasteiger partial charge in [-0.25, -0.2) is 0 Å². The molecule has 0 saturated heterocycles. The summed E-state index contributed by atoms with van der Waals surface area (Å²) in [7, 11) is 0. The van der Waals surface area contributed by atoms with Crippen LogP contribution in [0, 0.1) is 39.9 Å². The van der Waals surface area contributed by atoms with Gasteiger partial charge in [0.05, 0.1) is 6.10 Å². The van der Waals surface area contributed by atoms with Crippen LogP contribution in [0.3, 0.4) is 0 Å². The second-order valence-electron chi connectivity index (χ2n) is 9.95. The number of fused-ring (bicyclic) bond motifs is 3. The molecule has 23 heavy (non-hydrogen) atoms. The molecule has 0 aromatic rings. The first-order chi connectivity index (χ1) is 10.9. The highest BCUT2D eigenvalue weighted by Gasteiger charge is 2.67. The molecule has 4 saturated carbocycles. The Bertz CT molecular complexity index is 480. The number of aliphatic hydroxyl groups excluding tert-OH is 3. The normalized spacial score (nSPS) is 58.6. The van der Waals surface area contributed by atoms with Crippen LogP contribution in [0.25, 0.3) is 0 Å². The summed E-state index contributed by atoms with van der Waals surface area (Å²) in [5.74, 6) is 2.04. The molecule has 0 unspecified atom stereocenters. The van der Waals surface area contributed by atoms with Gasteiger partial charge in [-0.1, -0.05) is 20.3 Å². The van der Waals surface area contributed by atoms with Crippen molar-refractivity contribution in [2.24, 2.45) is 39.9 Å². The summed E-state index contributed by atoms with van der Waals surface area (Å²) in [5, 5.41) is 31.1. The second kappa shape index (κ2) is 5.19. The molecule has 8 atom stereocenters. The average Bonchev–Trinajstić information content (AvgIpc) is 2.82. The van der Waals surface area contributed by atoms with Crippen molar-refractivity contribution in [2.75, 3.05) is 13.2 Å². The first kappa shape index (κ1) is 16.4. The molecule has 0 radical (unpaired) electrons. The highest BCUT2D eigenvalue weighted by Crippen LogP contribution is 2.72. The summed E-state index contributed by atoms with van der Waals surface area (Å²) in [5.41, 5.74) is 0.279. The van der Waals surface area contributed by atoms with Crippen LogP contribution < -0.4 is 0 Å². The Morgan fingerprint density at radius 1 is 1.00 bits per heavy atom. The third-order valence-corrected chi connectivity index (χ3v) is 9.09. The van der Waals surface area contributed by atoms with Crippen LogP contribution in [-0.2, 0) is 0 Å². The predicted octanol–water partition coefficient (Wildman–Crippen LogP) is 2.97. The molecule has 3 N–H and O–H groups in total. The van der Waals surface area contributed by atoms with E-state index in [0.717, 1.165) is 25.7 Å². The number of hydrogen-bond acceptors (Lipinski definition) is 3. The van der Waals surface area contributed by atoms with Crippen LogP contribution >= 0.6 is 0 Å². The van der Waals surface area contributed by atoms with Crippen LogP contribution in [0.1, 0.15) is 65.2 Å². The fourth-order valence-electron chi connectivity index (χ4n) is 8.02. The molecular formula is C20H34O3. The van der Waals surface area contributed by atoms with Crippen molar-refractivity contribution in [3.63, 3.8) is 0 Å². The Hall–Kier alpha value is -0.120. The molecule has 2 bridgehead atoms. The molecule has 0 amide bonds. The first-order valence-electron chi connectivity index (χ1n) is 9.79. The largest absolute Gasteiger partial charge is 0.396 e. The summed E-state index contributed by atoms with van der Waals surface area (Å²) in [6.45, 7) is 5.26. The topological polar surface area (TPSA) is 60.7 Å². The summed E-state index contributed by atoms with van der Waals surface area (Å²) < 4.78 is 0. The van der Waals surface area contributed by atoms with Crippen molar-refractivity contribution >= 4 is 0 Å². The van der Waals surface area contributed by atoms with Gasteiger partial charge in [-0.2, -0.15) is 0 Å². The summed E-state index contributed by atoms with van der Waals surface area (Å²) in [6.07, 6.45) is 8.76. The minimum atomic E-state index is -0.242. The lowest BCUT2D eigenvalue weighted by molar-refractivity contribution is -0.205. The monoisotopic (exact) mass is 322 g/mol. The van der Waals surface area contributed by atoms with Crippen molar-refractivity contribution in [1.29, 1.82) is 0 Å². The Morgan fingerprint density at radius 3 is 2.48 bits per heavy atom. The quantitative estimate of drug-likeness (QED) is 0.732. The van der Waals surface area contributed by atoms with Crippen molar-refractivity contribution in [3.8, 4) is 0 Å². The van der Waals surface area contributed by atoms with Crippen molar-refractivity contribution < 1.29 is 15.3 Å². The Morgan fingerprint density at radius 2 is 1.78 bits per heavy atom. The van der Waals surface area contributed by atoms with E-state index in [0.29, 0.717) is 30.3 Å². The molecule has 1 spiro atoms. The molecule has 4 aliphatic carbocycles. The van der Waals surface area contributed by atoms with Crippen LogP contribution in [0.15, 0.2) is 0 Å². The third-order valence-electron chi connectivity index (χ3n) is 9.09. The second-order valence-corrected chi connectivity index (χ2v) is 9.95. The lowest BCUT2D eigenvalue weighted by atomic mass is 9.40. The average molecular weight is 322 g/mol. The lowest BCUT2D eigenvalue weighted by Gasteiger charge is -2.65. The van der Waals surface area contributed by atoms with Crippen molar-refractivity contribution in [3.05, 3.63) is 0 Å². The molecule has 132 valence electrons. The number of rotatable bonds is 2. The standard InChI is InChI=1S/C20H34O3/c1-18(12-22)6-3-7-19(2)15-5-4-13-9-20(15,10-14(13)11-21)17(23)8-16(18)19/h13-17,21-23H,3-12H2,1-2H3/t13-,14-,15+,16-,17-,18+,19+,20-/m1/s1. The summed E-state index contributed by atoms with van der Waals surface area (Å²) in [4.78, 5) is 0. The third kappa shape index (κ3) is 1.99. The van der Waals surface area contributed by atoms with E-state index >= 15 is 0 Å². The fraction of sp³-hybridized carbons (Fsp3) is 1.00. The van der Waals surface area contributed by atoms with Gasteiger partial charge in [0.1, 0.15) is 0 Å². The maximum atomic E-state index is 11.2. The molecule has 4 rings (SSSR count). The summed E-state index contributed by atoms with van der Waals surface area (Å²) in [6, 6.07) is 0. The zero-order valence-corrected chi connectivity index (χ0v) is 14.8. The van der Waals surface area contributed by atoms with Crippen LogP contribution in [0.2, 0.25) is 0 Å². The Kier molecular flexibility index (Phi) is 3.69. The maximum Gasteiger partial charge on any atom is 0.0602 e. The Balaban J connectivity index is 1.74. The van der Waals surface area contributed by atoms with E-state index in [1.165, 1.54) is 25.7 Å². The van der Waals surface area contributed by atoms with Crippen molar-refractivity contribution in [2.45, 2.75) is 71.3 Å². The maximum absolute atomic E-state index is 11.2. The van der Waals surface area contributed by atoms with Crippen LogP contribution in [0.4, 0.5) is 0 Å². The van der Waals surface area contributed by atoms with Gasteiger partial charge < -0.3 is 15.3 Å². The van der Waals surface area contributed by atoms with E-state index < -0.39 is 0 Å². The molecule has 0 aromatic carbocycles. The van der Waals surface area contributed by atoms with E-state index in [9.17, 15) is 15.3 Å². The lowest BCUT2D eigenvalue weighted by Crippen LogP contribution is -2.62. The van der Waals surface area contributed by atoms with Gasteiger partial charge in [0.15, 0.2) is 0 Å². The highest BCUT2D eigenvalue weighted by molar-refractivity contribution is 5.16. The van der Waals surface area contributed by atoms with Gasteiger partial charge in [-0.15, -0.1) is 0 Å². The number of hydrogen-bond donors (Lipinski definition) is 3. The van der Waals surface area contributed by atoms with Gasteiger partial charge in [0.25, 0.3) is 0 Å². The van der Waals surface area contributed by atoms with Gasteiger partial charge in [0, 0.05) is 18.6 Å². The van der Waals surface area contributed by atoms with E-state index in [1.807, 2.05) is 0 Å². The van der Waals surface area contributed by atoms with E-state index in [4.69, 9.17) is 0 Å². The molecule has 4 fully saturated rings. The van der Waals surface area contributed by atoms with E-state index in [-0.39, 0.29) is 29.0 Å². The molecule has 4 aliphatic rings. The smallest absolute Gasteiger partial charge is 0.0602 e. The Labute approximate surface area is 140 Å². The minimum Gasteiger partial charge on any atom is -0.396 e. The fourth-order valence-corrected chi connectivity index (χ4v) is 8.02. The van der Waals surface area contributed by atoms with Gasteiger partial charge in [0.2, 0.25) is 0 Å². The van der Waals surface area contributed by atoms with Gasteiger partial charge >= 0.3 is 0 Å². The molecule has 3 nitrogen and oxygen atoms in total. The van der Waals surface area contributed by atoms with Crippen LogP contribution in [-0.4, -0.2) is 34.6 Å². The van der Waals surface area contributed by atoms with Gasteiger partial charge in [-0.05, 0) is 79.4 Å².